The standard InChI is InChI=1S/C14H13NS/c1-9-8-15-10(2)14(9)13-7-11-5-3-4-6-12(11)16-13/h3-8,15H,1-2H3. The van der Waals surface area contributed by atoms with Crippen LogP contribution in [0.4, 0.5) is 0 Å². The van der Waals surface area contributed by atoms with Gasteiger partial charge in [0.1, 0.15) is 0 Å². The van der Waals surface area contributed by atoms with Crippen molar-refractivity contribution in [3.8, 4) is 10.4 Å². The van der Waals surface area contributed by atoms with E-state index in [0.29, 0.717) is 0 Å². The fraction of sp³-hybridized carbons (Fsp3) is 0.143. The molecule has 0 fully saturated rings. The number of H-pyrrole nitrogens is 1. The number of aromatic amines is 1. The first kappa shape index (κ1) is 9.67. The molecule has 0 unspecified atom stereocenters. The van der Waals surface area contributed by atoms with Gasteiger partial charge in [0, 0.05) is 27.0 Å². The molecule has 3 aromatic rings. The van der Waals surface area contributed by atoms with Crippen molar-refractivity contribution in [1.82, 2.24) is 4.98 Å². The van der Waals surface area contributed by atoms with Crippen molar-refractivity contribution in [2.24, 2.45) is 0 Å². The molecule has 1 aromatic carbocycles. The van der Waals surface area contributed by atoms with Gasteiger partial charge in [-0.1, -0.05) is 18.2 Å². The van der Waals surface area contributed by atoms with Gasteiger partial charge >= 0.3 is 0 Å². The highest BCUT2D eigenvalue weighted by Gasteiger charge is 2.10. The van der Waals surface area contributed by atoms with Crippen molar-refractivity contribution in [2.75, 3.05) is 0 Å². The summed E-state index contributed by atoms with van der Waals surface area (Å²) >= 11 is 1.86. The van der Waals surface area contributed by atoms with Crippen molar-refractivity contribution < 1.29 is 0 Å². The molecule has 3 rings (SSSR count). The van der Waals surface area contributed by atoms with E-state index in [9.17, 15) is 0 Å². The van der Waals surface area contributed by atoms with Gasteiger partial charge in [-0.3, -0.25) is 0 Å². The Morgan fingerprint density at radius 2 is 1.94 bits per heavy atom. The summed E-state index contributed by atoms with van der Waals surface area (Å²) in [5.74, 6) is 0. The topological polar surface area (TPSA) is 15.8 Å². The van der Waals surface area contributed by atoms with Gasteiger partial charge in [-0.2, -0.15) is 0 Å². The van der Waals surface area contributed by atoms with Crippen molar-refractivity contribution >= 4 is 21.4 Å². The zero-order valence-electron chi connectivity index (χ0n) is 9.37. The monoisotopic (exact) mass is 227 g/mol. The third-order valence-electron chi connectivity index (χ3n) is 2.95. The van der Waals surface area contributed by atoms with Crippen LogP contribution in [0.15, 0.2) is 36.5 Å². The number of hydrogen-bond acceptors (Lipinski definition) is 1. The smallest absolute Gasteiger partial charge is 0.0375 e. The highest BCUT2D eigenvalue weighted by atomic mass is 32.1. The summed E-state index contributed by atoms with van der Waals surface area (Å²) in [5, 5.41) is 1.34. The molecular weight excluding hydrogens is 214 g/mol. The number of thiophene rings is 1. The Morgan fingerprint density at radius 3 is 2.62 bits per heavy atom. The summed E-state index contributed by atoms with van der Waals surface area (Å²) in [6, 6.07) is 10.8. The average Bonchev–Trinajstić information content (AvgIpc) is 2.82. The zero-order valence-corrected chi connectivity index (χ0v) is 10.2. The number of hydrogen-bond donors (Lipinski definition) is 1. The maximum Gasteiger partial charge on any atom is 0.0375 e. The van der Waals surface area contributed by atoms with E-state index < -0.39 is 0 Å². The number of fused-ring (bicyclic) bond motifs is 1. The summed E-state index contributed by atoms with van der Waals surface area (Å²) in [6.45, 7) is 4.29. The van der Waals surface area contributed by atoms with Gasteiger partial charge in [0.05, 0.1) is 0 Å². The summed E-state index contributed by atoms with van der Waals surface area (Å²) in [5.41, 5.74) is 3.94. The molecule has 0 aliphatic heterocycles. The van der Waals surface area contributed by atoms with E-state index in [1.165, 1.54) is 31.8 Å². The molecule has 2 aromatic heterocycles. The third-order valence-corrected chi connectivity index (χ3v) is 4.08. The molecule has 0 spiro atoms. The first-order valence-corrected chi connectivity index (χ1v) is 6.21. The minimum atomic E-state index is 1.25. The lowest BCUT2D eigenvalue weighted by atomic mass is 10.1. The van der Waals surface area contributed by atoms with Crippen LogP contribution in [0.25, 0.3) is 20.5 Å². The number of benzene rings is 1. The molecule has 0 bridgehead atoms. The third kappa shape index (κ3) is 1.38. The molecule has 0 atom stereocenters. The normalized spacial score (nSPS) is 11.1. The lowest BCUT2D eigenvalue weighted by molar-refractivity contribution is 1.27. The summed E-state index contributed by atoms with van der Waals surface area (Å²) in [7, 11) is 0. The van der Waals surface area contributed by atoms with Crippen molar-refractivity contribution in [3.05, 3.63) is 47.8 Å². The second-order valence-electron chi connectivity index (χ2n) is 4.12. The van der Waals surface area contributed by atoms with E-state index in [1.54, 1.807) is 0 Å². The molecular formula is C14H13NS. The highest BCUT2D eigenvalue weighted by molar-refractivity contribution is 7.22. The first-order chi connectivity index (χ1) is 7.75. The van der Waals surface area contributed by atoms with Crippen molar-refractivity contribution in [1.29, 1.82) is 0 Å². The lowest BCUT2D eigenvalue weighted by Crippen LogP contribution is -1.75. The number of rotatable bonds is 1. The molecule has 80 valence electrons. The van der Waals surface area contributed by atoms with Crippen molar-refractivity contribution in [3.63, 3.8) is 0 Å². The van der Waals surface area contributed by atoms with Crippen LogP contribution in [-0.2, 0) is 0 Å². The van der Waals surface area contributed by atoms with E-state index in [4.69, 9.17) is 0 Å². The second kappa shape index (κ2) is 3.49. The van der Waals surface area contributed by atoms with Gasteiger partial charge in [-0.15, -0.1) is 11.3 Å². The van der Waals surface area contributed by atoms with Gasteiger partial charge < -0.3 is 4.98 Å². The molecule has 0 aliphatic carbocycles. The molecule has 1 N–H and O–H groups in total. The van der Waals surface area contributed by atoms with Crippen LogP contribution >= 0.6 is 11.3 Å². The predicted octanol–water partition coefficient (Wildman–Crippen LogP) is 4.51. The first-order valence-electron chi connectivity index (χ1n) is 5.39. The Morgan fingerprint density at radius 1 is 1.12 bits per heavy atom. The Labute approximate surface area is 98.7 Å². The Hall–Kier alpha value is -1.54. The SMILES string of the molecule is Cc1c[nH]c(C)c1-c1cc2ccccc2s1. The molecule has 1 nitrogen and oxygen atoms in total. The highest BCUT2D eigenvalue weighted by Crippen LogP contribution is 2.36. The van der Waals surface area contributed by atoms with Crippen LogP contribution in [0.1, 0.15) is 11.3 Å². The molecule has 0 radical (unpaired) electrons. The maximum absolute atomic E-state index is 3.29. The van der Waals surface area contributed by atoms with Gasteiger partial charge in [0.25, 0.3) is 0 Å². The van der Waals surface area contributed by atoms with Crippen LogP contribution in [0, 0.1) is 13.8 Å². The fourth-order valence-corrected chi connectivity index (χ4v) is 3.37. The van der Waals surface area contributed by atoms with Gasteiger partial charge in [0.2, 0.25) is 0 Å². The number of aromatic nitrogens is 1. The Balaban J connectivity index is 2.27. The summed E-state index contributed by atoms with van der Waals surface area (Å²) in [4.78, 5) is 4.65. The van der Waals surface area contributed by atoms with Gasteiger partial charge in [0.15, 0.2) is 0 Å². The van der Waals surface area contributed by atoms with E-state index in [0.717, 1.165) is 0 Å². The van der Waals surface area contributed by atoms with E-state index in [-0.39, 0.29) is 0 Å². The van der Waals surface area contributed by atoms with Gasteiger partial charge in [-0.25, -0.2) is 0 Å². The number of nitrogens with one attached hydrogen (secondary N) is 1. The van der Waals surface area contributed by atoms with Crippen LogP contribution in [0.2, 0.25) is 0 Å². The Kier molecular flexibility index (Phi) is 2.11. The van der Waals surface area contributed by atoms with Gasteiger partial charge in [-0.05, 0) is 36.9 Å². The largest absolute Gasteiger partial charge is 0.364 e. The maximum atomic E-state index is 3.29. The van der Waals surface area contributed by atoms with Crippen LogP contribution in [0.5, 0.6) is 0 Å². The van der Waals surface area contributed by atoms with Crippen LogP contribution in [0.3, 0.4) is 0 Å². The minimum Gasteiger partial charge on any atom is -0.364 e. The van der Waals surface area contributed by atoms with E-state index in [2.05, 4.69) is 55.4 Å². The Bertz CT molecular complexity index is 593. The second-order valence-corrected chi connectivity index (χ2v) is 5.20. The average molecular weight is 227 g/mol. The molecule has 16 heavy (non-hydrogen) atoms. The number of aryl methyl sites for hydroxylation is 2. The molecule has 2 heteroatoms. The zero-order chi connectivity index (χ0) is 11.1. The molecule has 0 aliphatic rings. The molecule has 0 saturated carbocycles. The van der Waals surface area contributed by atoms with Crippen LogP contribution in [-0.4, -0.2) is 4.98 Å². The fourth-order valence-electron chi connectivity index (χ4n) is 2.14. The van der Waals surface area contributed by atoms with E-state index >= 15 is 0 Å². The molecule has 0 amide bonds. The molecule has 2 heterocycles. The summed E-state index contributed by atoms with van der Waals surface area (Å²) < 4.78 is 1.36. The molecule has 0 saturated heterocycles. The van der Waals surface area contributed by atoms with E-state index in [1.807, 2.05) is 11.3 Å². The summed E-state index contributed by atoms with van der Waals surface area (Å²) in [6.07, 6.45) is 2.08. The minimum absolute atomic E-state index is 1.25. The quantitative estimate of drug-likeness (QED) is 0.629. The lowest BCUT2D eigenvalue weighted by Gasteiger charge is -1.96. The van der Waals surface area contributed by atoms with Crippen molar-refractivity contribution in [2.45, 2.75) is 13.8 Å². The predicted molar refractivity (Wildman–Crippen MR) is 71.1 cm³/mol. The van der Waals surface area contributed by atoms with Crippen LogP contribution < -0.4 is 0 Å².